The van der Waals surface area contributed by atoms with Crippen LogP contribution >= 0.6 is 0 Å². The van der Waals surface area contributed by atoms with Gasteiger partial charge in [-0.15, -0.1) is 0 Å². The van der Waals surface area contributed by atoms with Crippen molar-refractivity contribution >= 4 is 10.0 Å². The Morgan fingerprint density at radius 1 is 1.38 bits per heavy atom. The lowest BCUT2D eigenvalue weighted by Crippen LogP contribution is -2.51. The minimum absolute atomic E-state index is 0.253. The molecule has 0 spiro atoms. The number of H-pyrrole nitrogens is 1. The normalized spacial score (nSPS) is 25.3. The monoisotopic (exact) mass is 312 g/mol. The Bertz CT molecular complexity index is 594. The maximum Gasteiger partial charge on any atom is 0.244 e. The molecule has 6 nitrogen and oxygen atoms in total. The highest BCUT2D eigenvalue weighted by Gasteiger charge is 2.31. The highest BCUT2D eigenvalue weighted by molar-refractivity contribution is 7.89. The van der Waals surface area contributed by atoms with Crippen molar-refractivity contribution in [2.75, 3.05) is 26.7 Å². The van der Waals surface area contributed by atoms with E-state index in [0.717, 1.165) is 12.2 Å². The van der Waals surface area contributed by atoms with E-state index in [0.29, 0.717) is 30.6 Å². The molecule has 0 radical (unpaired) electrons. The van der Waals surface area contributed by atoms with Gasteiger partial charge in [0.15, 0.2) is 0 Å². The molecule has 0 amide bonds. The molecule has 21 heavy (non-hydrogen) atoms. The van der Waals surface area contributed by atoms with Crippen LogP contribution in [0.5, 0.6) is 0 Å². The summed E-state index contributed by atoms with van der Waals surface area (Å²) in [4.78, 5) is 5.65. The second-order valence-corrected chi connectivity index (χ2v) is 8.15. The predicted octanol–water partition coefficient (Wildman–Crippen LogP) is 0.591. The number of hydrogen-bond acceptors (Lipinski definition) is 4. The van der Waals surface area contributed by atoms with Crippen LogP contribution in [-0.4, -0.2) is 61.4 Å². The number of rotatable bonds is 5. The van der Waals surface area contributed by atoms with E-state index in [1.807, 2.05) is 7.05 Å². The quantitative estimate of drug-likeness (QED) is 0.835. The van der Waals surface area contributed by atoms with Gasteiger partial charge in [-0.3, -0.25) is 0 Å². The number of piperazine rings is 1. The summed E-state index contributed by atoms with van der Waals surface area (Å²) in [7, 11) is -1.34. The fourth-order valence-corrected chi connectivity index (χ4v) is 4.13. The Balaban J connectivity index is 1.69. The summed E-state index contributed by atoms with van der Waals surface area (Å²) in [5.41, 5.74) is 0.933. The van der Waals surface area contributed by atoms with Gasteiger partial charge in [0.2, 0.25) is 10.0 Å². The van der Waals surface area contributed by atoms with Crippen molar-refractivity contribution in [1.29, 1.82) is 0 Å². The van der Waals surface area contributed by atoms with Crippen LogP contribution in [0.2, 0.25) is 0 Å². The molecular weight excluding hydrogens is 288 g/mol. The first-order chi connectivity index (χ1) is 9.96. The Hall–Kier alpha value is -0.890. The molecule has 1 atom stereocenters. The Labute approximate surface area is 126 Å². The van der Waals surface area contributed by atoms with E-state index in [9.17, 15) is 8.42 Å². The molecule has 1 aromatic heterocycles. The standard InChI is InChI=1S/C14H24N4O2S/c1-11-10-18(6-5-17(11)2)21(19,20)14-7-13(16-9-14)8-15-12-3-4-12/h7,9,11-12,15-16H,3-6,8,10H2,1-2H3. The van der Waals surface area contributed by atoms with Gasteiger partial charge in [0.1, 0.15) is 0 Å². The van der Waals surface area contributed by atoms with Gasteiger partial charge < -0.3 is 15.2 Å². The Morgan fingerprint density at radius 2 is 2.14 bits per heavy atom. The maximum atomic E-state index is 12.7. The lowest BCUT2D eigenvalue weighted by molar-refractivity contribution is 0.159. The van der Waals surface area contributed by atoms with Gasteiger partial charge in [0, 0.05) is 50.2 Å². The number of hydrogen-bond donors (Lipinski definition) is 2. The molecule has 1 aliphatic carbocycles. The molecule has 2 fully saturated rings. The first-order valence-corrected chi connectivity index (χ1v) is 9.02. The average molecular weight is 312 g/mol. The topological polar surface area (TPSA) is 68.4 Å². The molecule has 2 aliphatic rings. The first-order valence-electron chi connectivity index (χ1n) is 7.58. The van der Waals surface area contributed by atoms with Crippen LogP contribution in [0.15, 0.2) is 17.2 Å². The zero-order chi connectivity index (χ0) is 15.0. The third kappa shape index (κ3) is 3.31. The molecular formula is C14H24N4O2S. The summed E-state index contributed by atoms with van der Waals surface area (Å²) >= 11 is 0. The van der Waals surface area contributed by atoms with Crippen molar-refractivity contribution in [2.24, 2.45) is 0 Å². The predicted molar refractivity (Wildman–Crippen MR) is 81.5 cm³/mol. The summed E-state index contributed by atoms with van der Waals surface area (Å²) in [5, 5.41) is 3.38. The molecule has 3 rings (SSSR count). The van der Waals surface area contributed by atoms with E-state index in [-0.39, 0.29) is 6.04 Å². The van der Waals surface area contributed by atoms with Crippen molar-refractivity contribution in [2.45, 2.75) is 43.3 Å². The molecule has 1 aromatic rings. The molecule has 7 heteroatoms. The van der Waals surface area contributed by atoms with E-state index in [4.69, 9.17) is 0 Å². The third-order valence-electron chi connectivity index (χ3n) is 4.44. The van der Waals surface area contributed by atoms with E-state index in [2.05, 4.69) is 22.1 Å². The Morgan fingerprint density at radius 3 is 2.81 bits per heavy atom. The number of likely N-dealkylation sites (N-methyl/N-ethyl adjacent to an activating group) is 1. The maximum absolute atomic E-state index is 12.7. The number of aromatic amines is 1. The van der Waals surface area contributed by atoms with Gasteiger partial charge in [-0.25, -0.2) is 8.42 Å². The molecule has 1 saturated heterocycles. The van der Waals surface area contributed by atoms with Crippen LogP contribution in [0.3, 0.4) is 0 Å². The van der Waals surface area contributed by atoms with Gasteiger partial charge in [-0.05, 0) is 32.9 Å². The average Bonchev–Trinajstić information content (AvgIpc) is 3.15. The smallest absolute Gasteiger partial charge is 0.244 e. The SMILES string of the molecule is CC1CN(S(=O)(=O)c2c[nH]c(CNC3CC3)c2)CCN1C. The second-order valence-electron chi connectivity index (χ2n) is 6.21. The van der Waals surface area contributed by atoms with Crippen molar-refractivity contribution in [3.05, 3.63) is 18.0 Å². The minimum Gasteiger partial charge on any atom is -0.363 e. The van der Waals surface area contributed by atoms with Crippen molar-refractivity contribution < 1.29 is 8.42 Å². The number of sulfonamides is 1. The van der Waals surface area contributed by atoms with Gasteiger partial charge in [0.05, 0.1) is 4.90 Å². The van der Waals surface area contributed by atoms with Gasteiger partial charge >= 0.3 is 0 Å². The van der Waals surface area contributed by atoms with E-state index < -0.39 is 10.0 Å². The zero-order valence-corrected chi connectivity index (χ0v) is 13.5. The Kier molecular flexibility index (Phi) is 4.09. The number of aromatic nitrogens is 1. The molecule has 1 saturated carbocycles. The van der Waals surface area contributed by atoms with Crippen molar-refractivity contribution in [3.63, 3.8) is 0 Å². The number of nitrogens with one attached hydrogen (secondary N) is 2. The first kappa shape index (κ1) is 15.0. The summed E-state index contributed by atoms with van der Waals surface area (Å²) in [5.74, 6) is 0. The summed E-state index contributed by atoms with van der Waals surface area (Å²) in [6.45, 7) is 4.66. The highest BCUT2D eigenvalue weighted by Crippen LogP contribution is 2.22. The molecule has 0 aromatic carbocycles. The zero-order valence-electron chi connectivity index (χ0n) is 12.7. The van der Waals surface area contributed by atoms with Crippen LogP contribution in [-0.2, 0) is 16.6 Å². The molecule has 2 heterocycles. The number of nitrogens with zero attached hydrogens (tertiary/aromatic N) is 2. The fraction of sp³-hybridized carbons (Fsp3) is 0.714. The fourth-order valence-electron chi connectivity index (χ4n) is 2.59. The largest absolute Gasteiger partial charge is 0.363 e. The second kappa shape index (κ2) is 5.72. The molecule has 1 unspecified atom stereocenters. The molecule has 118 valence electrons. The molecule has 1 aliphatic heterocycles. The van der Waals surface area contributed by atoms with Gasteiger partial charge in [-0.2, -0.15) is 4.31 Å². The van der Waals surface area contributed by atoms with E-state index in [1.54, 1.807) is 16.6 Å². The van der Waals surface area contributed by atoms with Crippen LogP contribution in [0.4, 0.5) is 0 Å². The minimum atomic E-state index is -3.37. The van der Waals surface area contributed by atoms with E-state index in [1.165, 1.54) is 12.8 Å². The van der Waals surface area contributed by atoms with Crippen LogP contribution in [0.1, 0.15) is 25.5 Å². The van der Waals surface area contributed by atoms with Crippen LogP contribution < -0.4 is 5.32 Å². The highest BCUT2D eigenvalue weighted by atomic mass is 32.2. The summed E-state index contributed by atoms with van der Waals surface area (Å²) in [6.07, 6.45) is 4.07. The van der Waals surface area contributed by atoms with Crippen LogP contribution in [0, 0.1) is 0 Å². The van der Waals surface area contributed by atoms with Gasteiger partial charge in [0.25, 0.3) is 0 Å². The lowest BCUT2D eigenvalue weighted by Gasteiger charge is -2.36. The lowest BCUT2D eigenvalue weighted by atomic mass is 10.2. The summed E-state index contributed by atoms with van der Waals surface area (Å²) in [6, 6.07) is 2.63. The van der Waals surface area contributed by atoms with Crippen molar-refractivity contribution in [1.82, 2.24) is 19.5 Å². The third-order valence-corrected chi connectivity index (χ3v) is 6.28. The van der Waals surface area contributed by atoms with Gasteiger partial charge in [-0.1, -0.05) is 0 Å². The molecule has 2 N–H and O–H groups in total. The van der Waals surface area contributed by atoms with Crippen molar-refractivity contribution in [3.8, 4) is 0 Å². The molecule has 0 bridgehead atoms. The summed E-state index contributed by atoms with van der Waals surface area (Å²) < 4.78 is 26.9. The van der Waals surface area contributed by atoms with E-state index >= 15 is 0 Å². The van der Waals surface area contributed by atoms with Crippen LogP contribution in [0.25, 0.3) is 0 Å².